The molecule has 0 bridgehead atoms. The van der Waals surface area contributed by atoms with Crippen LogP contribution in [-0.4, -0.2) is 12.4 Å². The zero-order valence-electron chi connectivity index (χ0n) is 7.20. The molecule has 0 radical (unpaired) electrons. The molecule has 4 heteroatoms. The van der Waals surface area contributed by atoms with E-state index in [1.54, 1.807) is 23.9 Å². The van der Waals surface area contributed by atoms with Gasteiger partial charge in [-0.2, -0.15) is 0 Å². The summed E-state index contributed by atoms with van der Waals surface area (Å²) in [6.45, 7) is 0.564. The number of hydrogen-bond donors (Lipinski definition) is 1. The standard InChI is InChI=1S/C9H12FNOS/c10-8-2-4-9(5-3-8)13-7-1-6-12-11/h2-5H,1,6-7,11H2. The number of halogens is 1. The van der Waals surface area contributed by atoms with Crippen LogP contribution in [0.1, 0.15) is 6.42 Å². The van der Waals surface area contributed by atoms with E-state index in [1.807, 2.05) is 0 Å². The molecule has 1 aromatic rings. The van der Waals surface area contributed by atoms with E-state index in [-0.39, 0.29) is 5.82 Å². The Morgan fingerprint density at radius 3 is 2.62 bits per heavy atom. The predicted molar refractivity (Wildman–Crippen MR) is 51.9 cm³/mol. The zero-order valence-corrected chi connectivity index (χ0v) is 8.02. The van der Waals surface area contributed by atoms with Gasteiger partial charge in [-0.1, -0.05) is 0 Å². The summed E-state index contributed by atoms with van der Waals surface area (Å²) in [7, 11) is 0. The fourth-order valence-corrected chi connectivity index (χ4v) is 1.69. The molecule has 0 aliphatic rings. The molecule has 0 unspecified atom stereocenters. The lowest BCUT2D eigenvalue weighted by molar-refractivity contribution is 0.139. The maximum absolute atomic E-state index is 12.5. The minimum atomic E-state index is -0.199. The molecule has 1 rings (SSSR count). The van der Waals surface area contributed by atoms with Crippen LogP contribution in [0.25, 0.3) is 0 Å². The fraction of sp³-hybridized carbons (Fsp3) is 0.333. The van der Waals surface area contributed by atoms with Crippen molar-refractivity contribution in [3.63, 3.8) is 0 Å². The first-order valence-electron chi connectivity index (χ1n) is 4.03. The second kappa shape index (κ2) is 5.96. The molecule has 13 heavy (non-hydrogen) atoms. The van der Waals surface area contributed by atoms with Crippen molar-refractivity contribution in [3.8, 4) is 0 Å². The van der Waals surface area contributed by atoms with Crippen molar-refractivity contribution in [2.45, 2.75) is 11.3 Å². The van der Waals surface area contributed by atoms with E-state index in [4.69, 9.17) is 5.90 Å². The first-order valence-corrected chi connectivity index (χ1v) is 5.01. The van der Waals surface area contributed by atoms with Gasteiger partial charge in [0, 0.05) is 10.6 Å². The van der Waals surface area contributed by atoms with Gasteiger partial charge in [0.1, 0.15) is 5.82 Å². The molecule has 0 aliphatic carbocycles. The van der Waals surface area contributed by atoms with Crippen LogP contribution in [0, 0.1) is 5.82 Å². The monoisotopic (exact) mass is 201 g/mol. The van der Waals surface area contributed by atoms with Gasteiger partial charge in [0.05, 0.1) is 6.61 Å². The molecular weight excluding hydrogens is 189 g/mol. The van der Waals surface area contributed by atoms with Crippen LogP contribution < -0.4 is 5.90 Å². The molecule has 0 atom stereocenters. The summed E-state index contributed by atoms with van der Waals surface area (Å²) in [5.74, 6) is 5.60. The highest BCUT2D eigenvalue weighted by atomic mass is 32.2. The van der Waals surface area contributed by atoms with Crippen molar-refractivity contribution in [2.24, 2.45) is 5.90 Å². The maximum Gasteiger partial charge on any atom is 0.123 e. The van der Waals surface area contributed by atoms with Crippen molar-refractivity contribution >= 4 is 11.8 Å². The molecule has 72 valence electrons. The zero-order chi connectivity index (χ0) is 9.52. The molecule has 0 saturated carbocycles. The Kier molecular flexibility index (Phi) is 4.82. The molecule has 0 spiro atoms. The van der Waals surface area contributed by atoms with Gasteiger partial charge in [0.2, 0.25) is 0 Å². The number of rotatable bonds is 5. The summed E-state index contributed by atoms with van der Waals surface area (Å²) >= 11 is 1.67. The summed E-state index contributed by atoms with van der Waals surface area (Å²) in [5.41, 5.74) is 0. The fourth-order valence-electron chi connectivity index (χ4n) is 0.863. The van der Waals surface area contributed by atoms with Gasteiger partial charge in [0.25, 0.3) is 0 Å². The Bertz CT molecular complexity index is 240. The van der Waals surface area contributed by atoms with Crippen molar-refractivity contribution in [2.75, 3.05) is 12.4 Å². The minimum Gasteiger partial charge on any atom is -0.305 e. The summed E-state index contributed by atoms with van der Waals surface area (Å²) in [5, 5.41) is 0. The van der Waals surface area contributed by atoms with Crippen LogP contribution >= 0.6 is 11.8 Å². The van der Waals surface area contributed by atoms with Gasteiger partial charge in [-0.3, -0.25) is 0 Å². The van der Waals surface area contributed by atoms with Gasteiger partial charge >= 0.3 is 0 Å². The van der Waals surface area contributed by atoms with Crippen LogP contribution in [-0.2, 0) is 4.84 Å². The third kappa shape index (κ3) is 4.26. The average Bonchev–Trinajstić information content (AvgIpc) is 2.15. The lowest BCUT2D eigenvalue weighted by atomic mass is 10.4. The molecule has 0 fully saturated rings. The highest BCUT2D eigenvalue weighted by molar-refractivity contribution is 7.99. The topological polar surface area (TPSA) is 35.2 Å². The Labute approximate surface area is 81.2 Å². The Balaban J connectivity index is 2.25. The van der Waals surface area contributed by atoms with Crippen molar-refractivity contribution in [1.29, 1.82) is 0 Å². The van der Waals surface area contributed by atoms with E-state index >= 15 is 0 Å². The van der Waals surface area contributed by atoms with E-state index < -0.39 is 0 Å². The SMILES string of the molecule is NOCCCSc1ccc(F)cc1. The van der Waals surface area contributed by atoms with E-state index in [0.717, 1.165) is 17.1 Å². The summed E-state index contributed by atoms with van der Waals surface area (Å²) in [4.78, 5) is 5.49. The van der Waals surface area contributed by atoms with Crippen LogP contribution in [0.15, 0.2) is 29.2 Å². The van der Waals surface area contributed by atoms with E-state index in [9.17, 15) is 4.39 Å². The second-order valence-electron chi connectivity index (χ2n) is 2.53. The summed E-state index contributed by atoms with van der Waals surface area (Å²) in [6, 6.07) is 6.45. The molecule has 0 aliphatic heterocycles. The number of nitrogens with two attached hydrogens (primary N) is 1. The largest absolute Gasteiger partial charge is 0.305 e. The highest BCUT2D eigenvalue weighted by Crippen LogP contribution is 2.18. The lowest BCUT2D eigenvalue weighted by Gasteiger charge is -2.00. The van der Waals surface area contributed by atoms with E-state index in [1.165, 1.54) is 12.1 Å². The maximum atomic E-state index is 12.5. The van der Waals surface area contributed by atoms with E-state index in [2.05, 4.69) is 4.84 Å². The molecule has 2 nitrogen and oxygen atoms in total. The Morgan fingerprint density at radius 2 is 2.00 bits per heavy atom. The van der Waals surface area contributed by atoms with Crippen molar-refractivity contribution in [3.05, 3.63) is 30.1 Å². The quantitative estimate of drug-likeness (QED) is 0.450. The molecule has 2 N–H and O–H groups in total. The molecule has 0 aromatic heterocycles. The molecule has 1 aromatic carbocycles. The van der Waals surface area contributed by atoms with Gasteiger partial charge in [-0.25, -0.2) is 10.3 Å². The highest BCUT2D eigenvalue weighted by Gasteiger charge is 1.94. The van der Waals surface area contributed by atoms with Crippen LogP contribution in [0.4, 0.5) is 4.39 Å². The lowest BCUT2D eigenvalue weighted by Crippen LogP contribution is -2.01. The second-order valence-corrected chi connectivity index (χ2v) is 3.70. The van der Waals surface area contributed by atoms with Crippen molar-refractivity contribution in [1.82, 2.24) is 0 Å². The summed E-state index contributed by atoms with van der Waals surface area (Å²) in [6.07, 6.45) is 0.901. The van der Waals surface area contributed by atoms with Crippen LogP contribution in [0.3, 0.4) is 0 Å². The predicted octanol–water partition coefficient (Wildman–Crippen LogP) is 2.20. The summed E-state index contributed by atoms with van der Waals surface area (Å²) < 4.78 is 12.5. The van der Waals surface area contributed by atoms with Gasteiger partial charge in [-0.05, 0) is 30.7 Å². The third-order valence-corrected chi connectivity index (χ3v) is 2.59. The first kappa shape index (κ1) is 10.5. The molecule has 0 amide bonds. The van der Waals surface area contributed by atoms with Gasteiger partial charge in [-0.15, -0.1) is 11.8 Å². The van der Waals surface area contributed by atoms with Crippen LogP contribution in [0.2, 0.25) is 0 Å². The minimum absolute atomic E-state index is 0.199. The van der Waals surface area contributed by atoms with Crippen molar-refractivity contribution < 1.29 is 9.23 Å². The van der Waals surface area contributed by atoms with E-state index in [0.29, 0.717) is 6.61 Å². The number of hydrogen-bond acceptors (Lipinski definition) is 3. The van der Waals surface area contributed by atoms with Crippen LogP contribution in [0.5, 0.6) is 0 Å². The number of thioether (sulfide) groups is 1. The first-order chi connectivity index (χ1) is 6.33. The average molecular weight is 201 g/mol. The number of benzene rings is 1. The van der Waals surface area contributed by atoms with Gasteiger partial charge in [0.15, 0.2) is 0 Å². The Hall–Kier alpha value is -0.580. The van der Waals surface area contributed by atoms with Gasteiger partial charge < -0.3 is 4.84 Å². The molecular formula is C9H12FNOS. The normalized spacial score (nSPS) is 10.3. The third-order valence-electron chi connectivity index (χ3n) is 1.49. The Morgan fingerprint density at radius 1 is 1.31 bits per heavy atom. The molecule has 0 saturated heterocycles. The molecule has 0 heterocycles. The smallest absolute Gasteiger partial charge is 0.123 e.